The number of amides is 1. The van der Waals surface area contributed by atoms with Crippen molar-refractivity contribution in [2.75, 3.05) is 33.9 Å². The summed E-state index contributed by atoms with van der Waals surface area (Å²) in [6, 6.07) is 6.01. The highest BCUT2D eigenvalue weighted by Gasteiger charge is 2.21. The number of hydrogen-bond donors (Lipinski definition) is 2. The van der Waals surface area contributed by atoms with Crippen LogP contribution < -0.4 is 19.7 Å². The Morgan fingerprint density at radius 1 is 1.30 bits per heavy atom. The van der Waals surface area contributed by atoms with Crippen LogP contribution in [0.3, 0.4) is 0 Å². The third-order valence-electron chi connectivity index (χ3n) is 4.69. The molecule has 5 heteroatoms. The first-order valence-corrected chi connectivity index (χ1v) is 8.50. The summed E-state index contributed by atoms with van der Waals surface area (Å²) in [5.41, 5.74) is 0.519. The summed E-state index contributed by atoms with van der Waals surface area (Å²) in [7, 11) is 3.16. The van der Waals surface area contributed by atoms with Gasteiger partial charge in [0.25, 0.3) is 5.91 Å². The van der Waals surface area contributed by atoms with Crippen molar-refractivity contribution < 1.29 is 19.2 Å². The van der Waals surface area contributed by atoms with E-state index in [9.17, 15) is 4.79 Å². The predicted molar refractivity (Wildman–Crippen MR) is 90.5 cm³/mol. The van der Waals surface area contributed by atoms with Crippen LogP contribution >= 0.6 is 0 Å². The SMILES string of the molecule is COc1ccc(OC)c(C(=O)NCCC[NH+]2CCCC[C@@H]2C)c1. The number of carbonyl (C=O) groups is 1. The molecule has 1 aromatic rings. The lowest BCUT2D eigenvalue weighted by Crippen LogP contribution is -3.16. The number of rotatable bonds is 7. The zero-order valence-electron chi connectivity index (χ0n) is 14.5. The number of likely N-dealkylation sites (tertiary alicyclic amines) is 1. The van der Waals surface area contributed by atoms with Crippen molar-refractivity contribution in [1.82, 2.24) is 5.32 Å². The molecule has 0 saturated carbocycles. The fraction of sp³-hybridized carbons (Fsp3) is 0.611. The van der Waals surface area contributed by atoms with Gasteiger partial charge in [0, 0.05) is 13.0 Å². The van der Waals surface area contributed by atoms with Gasteiger partial charge in [0.05, 0.1) is 38.9 Å². The number of quaternary nitrogens is 1. The molecule has 2 rings (SSSR count). The van der Waals surface area contributed by atoms with E-state index < -0.39 is 0 Å². The molecule has 0 spiro atoms. The van der Waals surface area contributed by atoms with Crippen LogP contribution in [0.2, 0.25) is 0 Å². The summed E-state index contributed by atoms with van der Waals surface area (Å²) in [5, 5.41) is 2.99. The Kier molecular flexibility index (Phi) is 6.71. The quantitative estimate of drug-likeness (QED) is 0.744. The third-order valence-corrected chi connectivity index (χ3v) is 4.69. The summed E-state index contributed by atoms with van der Waals surface area (Å²) in [4.78, 5) is 14.0. The maximum Gasteiger partial charge on any atom is 0.255 e. The maximum absolute atomic E-state index is 12.4. The number of carbonyl (C=O) groups excluding carboxylic acids is 1. The molecule has 1 aromatic carbocycles. The van der Waals surface area contributed by atoms with Gasteiger partial charge in [-0.15, -0.1) is 0 Å². The van der Waals surface area contributed by atoms with E-state index in [1.807, 2.05) is 0 Å². The second kappa shape index (κ2) is 8.77. The summed E-state index contributed by atoms with van der Waals surface area (Å²) in [6.07, 6.45) is 5.00. The molecule has 2 atom stereocenters. The van der Waals surface area contributed by atoms with E-state index in [1.165, 1.54) is 25.8 Å². The molecule has 1 amide bonds. The molecular formula is C18H29N2O3+. The Morgan fingerprint density at radius 3 is 2.83 bits per heavy atom. The van der Waals surface area contributed by atoms with Crippen LogP contribution in [0.25, 0.3) is 0 Å². The average molecular weight is 321 g/mol. The van der Waals surface area contributed by atoms with Crippen molar-refractivity contribution in [3.63, 3.8) is 0 Å². The summed E-state index contributed by atoms with van der Waals surface area (Å²) < 4.78 is 10.4. The molecule has 0 aromatic heterocycles. The largest absolute Gasteiger partial charge is 0.497 e. The number of piperidine rings is 1. The lowest BCUT2D eigenvalue weighted by molar-refractivity contribution is -0.928. The van der Waals surface area contributed by atoms with Crippen LogP contribution in [-0.4, -0.2) is 45.8 Å². The molecule has 0 bridgehead atoms. The molecule has 1 aliphatic rings. The lowest BCUT2D eigenvalue weighted by Gasteiger charge is -2.30. The topological polar surface area (TPSA) is 52.0 Å². The van der Waals surface area contributed by atoms with E-state index in [4.69, 9.17) is 9.47 Å². The first kappa shape index (κ1) is 17.6. The van der Waals surface area contributed by atoms with Crippen molar-refractivity contribution >= 4 is 5.91 Å². The fourth-order valence-electron chi connectivity index (χ4n) is 3.23. The number of ether oxygens (including phenoxy) is 2. The minimum absolute atomic E-state index is 0.109. The molecule has 1 unspecified atom stereocenters. The molecule has 2 N–H and O–H groups in total. The number of nitrogens with one attached hydrogen (secondary N) is 2. The van der Waals surface area contributed by atoms with Gasteiger partial charge in [-0.3, -0.25) is 4.79 Å². The molecule has 5 nitrogen and oxygen atoms in total. The fourth-order valence-corrected chi connectivity index (χ4v) is 3.23. The van der Waals surface area contributed by atoms with E-state index in [-0.39, 0.29) is 5.91 Å². The normalized spacial score (nSPS) is 20.8. The molecular weight excluding hydrogens is 292 g/mol. The second-order valence-corrected chi connectivity index (χ2v) is 6.23. The van der Waals surface area contributed by atoms with Crippen molar-refractivity contribution in [1.29, 1.82) is 0 Å². The average Bonchev–Trinajstić information content (AvgIpc) is 2.59. The Labute approximate surface area is 139 Å². The van der Waals surface area contributed by atoms with Gasteiger partial charge in [-0.25, -0.2) is 0 Å². The summed E-state index contributed by atoms with van der Waals surface area (Å²) in [5.74, 6) is 1.11. The van der Waals surface area contributed by atoms with E-state index in [0.29, 0.717) is 23.6 Å². The molecule has 23 heavy (non-hydrogen) atoms. The number of hydrogen-bond acceptors (Lipinski definition) is 3. The Morgan fingerprint density at radius 2 is 2.13 bits per heavy atom. The monoisotopic (exact) mass is 321 g/mol. The first-order chi connectivity index (χ1) is 11.2. The Hall–Kier alpha value is -1.75. The molecule has 1 saturated heterocycles. The van der Waals surface area contributed by atoms with Crippen LogP contribution in [0, 0.1) is 0 Å². The van der Waals surface area contributed by atoms with Gasteiger partial charge in [0.1, 0.15) is 11.5 Å². The highest BCUT2D eigenvalue weighted by molar-refractivity contribution is 5.97. The highest BCUT2D eigenvalue weighted by Crippen LogP contribution is 2.23. The second-order valence-electron chi connectivity index (χ2n) is 6.23. The Bertz CT molecular complexity index is 519. The molecule has 0 aliphatic carbocycles. The number of benzene rings is 1. The van der Waals surface area contributed by atoms with Gasteiger partial charge in [-0.1, -0.05) is 0 Å². The Balaban J connectivity index is 1.82. The van der Waals surface area contributed by atoms with Crippen LogP contribution in [0.15, 0.2) is 18.2 Å². The third kappa shape index (κ3) is 4.86. The van der Waals surface area contributed by atoms with Crippen molar-refractivity contribution in [3.8, 4) is 11.5 Å². The smallest absolute Gasteiger partial charge is 0.255 e. The standard InChI is InChI=1S/C18H28N2O3/c1-14-7-4-5-11-20(14)12-6-10-19-18(21)16-13-15(22-2)8-9-17(16)23-3/h8-9,13-14H,4-7,10-12H2,1-3H3,(H,19,21)/p+1/t14-/m0/s1. The molecule has 128 valence electrons. The van der Waals surface area contributed by atoms with E-state index in [2.05, 4.69) is 12.2 Å². The van der Waals surface area contributed by atoms with Crippen LogP contribution in [-0.2, 0) is 0 Å². The first-order valence-electron chi connectivity index (χ1n) is 8.50. The van der Waals surface area contributed by atoms with Gasteiger partial charge in [0.2, 0.25) is 0 Å². The molecule has 1 heterocycles. The van der Waals surface area contributed by atoms with E-state index >= 15 is 0 Å². The van der Waals surface area contributed by atoms with Gasteiger partial charge in [-0.2, -0.15) is 0 Å². The predicted octanol–water partition coefficient (Wildman–Crippen LogP) is 1.28. The van der Waals surface area contributed by atoms with E-state index in [1.54, 1.807) is 37.3 Å². The van der Waals surface area contributed by atoms with Crippen LogP contribution in [0.4, 0.5) is 0 Å². The van der Waals surface area contributed by atoms with Crippen molar-refractivity contribution in [2.45, 2.75) is 38.6 Å². The molecule has 0 radical (unpaired) electrons. The minimum atomic E-state index is -0.109. The van der Waals surface area contributed by atoms with Crippen molar-refractivity contribution in [3.05, 3.63) is 23.8 Å². The minimum Gasteiger partial charge on any atom is -0.497 e. The van der Waals surface area contributed by atoms with Gasteiger partial charge in [0.15, 0.2) is 0 Å². The maximum atomic E-state index is 12.4. The van der Waals surface area contributed by atoms with Gasteiger partial charge >= 0.3 is 0 Å². The van der Waals surface area contributed by atoms with Crippen molar-refractivity contribution in [2.24, 2.45) is 0 Å². The molecule has 1 fully saturated rings. The van der Waals surface area contributed by atoms with Crippen LogP contribution in [0.5, 0.6) is 11.5 Å². The summed E-state index contributed by atoms with van der Waals surface area (Å²) in [6.45, 7) is 5.40. The van der Waals surface area contributed by atoms with Crippen LogP contribution in [0.1, 0.15) is 43.0 Å². The van der Waals surface area contributed by atoms with Gasteiger partial charge < -0.3 is 19.7 Å². The van der Waals surface area contributed by atoms with E-state index in [0.717, 1.165) is 19.0 Å². The van der Waals surface area contributed by atoms with Gasteiger partial charge in [-0.05, 0) is 44.4 Å². The lowest BCUT2D eigenvalue weighted by atomic mass is 10.0. The number of methoxy groups -OCH3 is 2. The zero-order chi connectivity index (χ0) is 16.7. The molecule has 1 aliphatic heterocycles. The zero-order valence-corrected chi connectivity index (χ0v) is 14.5. The summed E-state index contributed by atoms with van der Waals surface area (Å²) >= 11 is 0. The highest BCUT2D eigenvalue weighted by atomic mass is 16.5.